The Hall–Kier alpha value is -2.70. The molecule has 3 aromatic rings. The summed E-state index contributed by atoms with van der Waals surface area (Å²) in [6, 6.07) is 0.643. The van der Waals surface area contributed by atoms with Crippen molar-refractivity contribution in [3.63, 3.8) is 0 Å². The average molecular weight is 391 g/mol. The van der Waals surface area contributed by atoms with Gasteiger partial charge in [-0.05, 0) is 22.6 Å². The summed E-state index contributed by atoms with van der Waals surface area (Å²) < 4.78 is 80.7. The SMILES string of the molecule is Fc1cc(C(F)(F)C(F)(F)F)cc2c1nc(N1CCNCC1)c1nnnn12. The lowest BCUT2D eigenvalue weighted by molar-refractivity contribution is -0.289. The van der Waals surface area contributed by atoms with Crippen LogP contribution in [0.3, 0.4) is 0 Å². The Morgan fingerprint density at radius 3 is 2.41 bits per heavy atom. The normalized spacial score (nSPS) is 16.4. The van der Waals surface area contributed by atoms with Crippen LogP contribution in [0.1, 0.15) is 5.56 Å². The molecule has 27 heavy (non-hydrogen) atoms. The number of aromatic nitrogens is 5. The number of rotatable bonds is 2. The van der Waals surface area contributed by atoms with E-state index in [-0.39, 0.29) is 23.0 Å². The van der Waals surface area contributed by atoms with Crippen LogP contribution in [0.2, 0.25) is 0 Å². The van der Waals surface area contributed by atoms with Gasteiger partial charge >= 0.3 is 12.1 Å². The van der Waals surface area contributed by atoms with Gasteiger partial charge in [-0.25, -0.2) is 9.37 Å². The third kappa shape index (κ3) is 2.72. The lowest BCUT2D eigenvalue weighted by Gasteiger charge is -2.28. The highest BCUT2D eigenvalue weighted by Crippen LogP contribution is 2.44. The molecule has 144 valence electrons. The molecule has 0 radical (unpaired) electrons. The summed E-state index contributed by atoms with van der Waals surface area (Å²) in [4.78, 5) is 5.89. The molecule has 0 bridgehead atoms. The molecule has 1 N–H and O–H groups in total. The maximum absolute atomic E-state index is 14.5. The summed E-state index contributed by atoms with van der Waals surface area (Å²) in [6.45, 7) is 2.30. The summed E-state index contributed by atoms with van der Waals surface area (Å²) in [6.07, 6.45) is -5.87. The van der Waals surface area contributed by atoms with Crippen molar-refractivity contribution in [2.45, 2.75) is 12.1 Å². The van der Waals surface area contributed by atoms with E-state index >= 15 is 0 Å². The van der Waals surface area contributed by atoms with Gasteiger partial charge < -0.3 is 10.2 Å². The Morgan fingerprint density at radius 1 is 1.04 bits per heavy atom. The van der Waals surface area contributed by atoms with Crippen molar-refractivity contribution < 1.29 is 26.3 Å². The number of hydrogen-bond donors (Lipinski definition) is 1. The molecule has 7 nitrogen and oxygen atoms in total. The minimum Gasteiger partial charge on any atom is -0.351 e. The monoisotopic (exact) mass is 391 g/mol. The molecule has 1 aromatic carbocycles. The van der Waals surface area contributed by atoms with Crippen LogP contribution in [0, 0.1) is 5.82 Å². The highest BCUT2D eigenvalue weighted by Gasteiger charge is 2.59. The zero-order chi connectivity index (χ0) is 19.4. The first-order chi connectivity index (χ1) is 12.7. The Balaban J connectivity index is 1.96. The summed E-state index contributed by atoms with van der Waals surface area (Å²) in [5.41, 5.74) is -2.29. The lowest BCUT2D eigenvalue weighted by Crippen LogP contribution is -2.44. The highest BCUT2D eigenvalue weighted by molar-refractivity contribution is 5.83. The first kappa shape index (κ1) is 17.7. The van der Waals surface area contributed by atoms with E-state index in [9.17, 15) is 26.3 Å². The quantitative estimate of drug-likeness (QED) is 0.673. The maximum atomic E-state index is 14.5. The van der Waals surface area contributed by atoms with E-state index < -0.39 is 29.0 Å². The Bertz CT molecular complexity index is 1010. The number of halogens is 6. The fourth-order valence-corrected chi connectivity index (χ4v) is 2.94. The van der Waals surface area contributed by atoms with Gasteiger partial charge in [-0.1, -0.05) is 0 Å². The third-order valence-electron chi connectivity index (χ3n) is 4.29. The molecule has 1 aliphatic heterocycles. The van der Waals surface area contributed by atoms with Gasteiger partial charge in [0.1, 0.15) is 5.52 Å². The van der Waals surface area contributed by atoms with E-state index in [0.717, 1.165) is 4.52 Å². The third-order valence-corrected chi connectivity index (χ3v) is 4.29. The van der Waals surface area contributed by atoms with Crippen LogP contribution >= 0.6 is 0 Å². The van der Waals surface area contributed by atoms with Gasteiger partial charge in [0.05, 0.1) is 5.52 Å². The molecular weight excluding hydrogens is 380 g/mol. The van der Waals surface area contributed by atoms with Crippen molar-refractivity contribution in [1.82, 2.24) is 30.3 Å². The van der Waals surface area contributed by atoms with Crippen LogP contribution < -0.4 is 10.2 Å². The van der Waals surface area contributed by atoms with Gasteiger partial charge in [-0.2, -0.15) is 26.5 Å². The van der Waals surface area contributed by atoms with Crippen LogP contribution in [0.25, 0.3) is 16.7 Å². The number of benzene rings is 1. The molecule has 0 spiro atoms. The second-order valence-electron chi connectivity index (χ2n) is 5.98. The van der Waals surface area contributed by atoms with Crippen molar-refractivity contribution in [2.24, 2.45) is 0 Å². The molecule has 0 atom stereocenters. The number of fused-ring (bicyclic) bond motifs is 3. The van der Waals surface area contributed by atoms with Gasteiger partial charge in [0.2, 0.25) is 5.65 Å². The minimum atomic E-state index is -5.87. The van der Waals surface area contributed by atoms with E-state index in [1.807, 2.05) is 0 Å². The van der Waals surface area contributed by atoms with Crippen molar-refractivity contribution in [2.75, 3.05) is 31.1 Å². The van der Waals surface area contributed by atoms with Crippen LogP contribution in [0.15, 0.2) is 12.1 Å². The highest BCUT2D eigenvalue weighted by atomic mass is 19.4. The Kier molecular flexibility index (Phi) is 3.87. The van der Waals surface area contributed by atoms with Gasteiger partial charge in [0, 0.05) is 31.7 Å². The molecular formula is C14H11F6N7. The van der Waals surface area contributed by atoms with Crippen LogP contribution in [0.4, 0.5) is 32.2 Å². The summed E-state index contributed by atoms with van der Waals surface area (Å²) in [7, 11) is 0. The largest absolute Gasteiger partial charge is 0.458 e. The zero-order valence-corrected chi connectivity index (χ0v) is 13.4. The fourth-order valence-electron chi connectivity index (χ4n) is 2.94. The molecule has 1 aliphatic rings. The maximum Gasteiger partial charge on any atom is 0.458 e. The van der Waals surface area contributed by atoms with E-state index in [1.54, 1.807) is 4.90 Å². The van der Waals surface area contributed by atoms with E-state index in [0.29, 0.717) is 32.2 Å². The van der Waals surface area contributed by atoms with Crippen LogP contribution in [0.5, 0.6) is 0 Å². The molecule has 1 fully saturated rings. The average Bonchev–Trinajstić information content (AvgIpc) is 3.11. The van der Waals surface area contributed by atoms with Gasteiger partial charge in [0.25, 0.3) is 0 Å². The zero-order valence-electron chi connectivity index (χ0n) is 13.4. The number of alkyl halides is 5. The van der Waals surface area contributed by atoms with Crippen LogP contribution in [-0.2, 0) is 5.92 Å². The number of nitrogens with one attached hydrogen (secondary N) is 1. The van der Waals surface area contributed by atoms with Crippen molar-refractivity contribution in [3.8, 4) is 0 Å². The topological polar surface area (TPSA) is 71.2 Å². The Labute approximate surface area is 147 Å². The number of piperazine rings is 1. The fraction of sp³-hybridized carbons (Fsp3) is 0.429. The predicted molar refractivity (Wildman–Crippen MR) is 81.1 cm³/mol. The number of nitrogens with zero attached hydrogens (tertiary/aromatic N) is 6. The first-order valence-corrected chi connectivity index (χ1v) is 7.82. The summed E-state index contributed by atoms with van der Waals surface area (Å²) in [5.74, 6) is -6.33. The number of tetrazole rings is 1. The van der Waals surface area contributed by atoms with Crippen LogP contribution in [-0.4, -0.2) is 57.4 Å². The number of anilines is 1. The lowest BCUT2D eigenvalue weighted by atomic mass is 10.1. The summed E-state index contributed by atoms with van der Waals surface area (Å²) in [5, 5.41) is 13.9. The van der Waals surface area contributed by atoms with E-state index in [2.05, 4.69) is 25.8 Å². The molecule has 4 rings (SSSR count). The van der Waals surface area contributed by atoms with E-state index in [1.165, 1.54) is 0 Å². The van der Waals surface area contributed by atoms with Gasteiger partial charge in [-0.3, -0.25) is 0 Å². The van der Waals surface area contributed by atoms with Gasteiger partial charge in [-0.15, -0.1) is 5.10 Å². The molecule has 0 amide bonds. The summed E-state index contributed by atoms with van der Waals surface area (Å²) >= 11 is 0. The molecule has 13 heteroatoms. The predicted octanol–water partition coefficient (Wildman–Crippen LogP) is 1.88. The molecule has 1 saturated heterocycles. The van der Waals surface area contributed by atoms with Gasteiger partial charge in [0.15, 0.2) is 11.6 Å². The second-order valence-corrected chi connectivity index (χ2v) is 5.98. The van der Waals surface area contributed by atoms with Crippen molar-refractivity contribution >= 4 is 22.5 Å². The molecule has 2 aromatic heterocycles. The smallest absolute Gasteiger partial charge is 0.351 e. The standard InChI is InChI=1S/C14H11F6N7/c15-8-5-7(13(16,17)14(18,19)20)6-9-10(8)22-11(12-23-24-25-27(9)12)26-3-1-21-2-4-26/h5-6,21H,1-4H2. The second kappa shape index (κ2) is 5.90. The Morgan fingerprint density at radius 2 is 1.74 bits per heavy atom. The minimum absolute atomic E-state index is 0.0382. The number of hydrogen-bond acceptors (Lipinski definition) is 6. The van der Waals surface area contributed by atoms with Crippen molar-refractivity contribution in [1.29, 1.82) is 0 Å². The molecule has 0 aliphatic carbocycles. The van der Waals surface area contributed by atoms with Crippen molar-refractivity contribution in [3.05, 3.63) is 23.5 Å². The van der Waals surface area contributed by atoms with E-state index in [4.69, 9.17) is 0 Å². The first-order valence-electron chi connectivity index (χ1n) is 7.82. The molecule has 0 unspecified atom stereocenters. The molecule has 3 heterocycles. The molecule has 0 saturated carbocycles.